The molecular weight excluding hydrogens is 669 g/mol. The molecule has 0 spiro atoms. The number of para-hydroxylation sites is 2. The number of ether oxygens (including phenoxy) is 2. The molecule has 0 aliphatic carbocycles. The number of fused-ring (bicyclic) bond motifs is 4. The SMILES string of the molecule is Cc1ccc2c(-c3ccc(Oc4ccccc4)cc3)c3ccccc3c(-c3c4ccccc4c(-c4ccc(Oc5ccccc5)cc4)c4ccccc34)c2c1. The maximum absolute atomic E-state index is 6.18. The second kappa shape index (κ2) is 13.7. The van der Waals surface area contributed by atoms with Crippen LogP contribution in [0.15, 0.2) is 200 Å². The smallest absolute Gasteiger partial charge is 0.127 e. The molecule has 0 unspecified atom stereocenters. The van der Waals surface area contributed by atoms with Gasteiger partial charge < -0.3 is 9.47 Å². The molecule has 260 valence electrons. The first-order chi connectivity index (χ1) is 27.2. The normalized spacial score (nSPS) is 11.4. The summed E-state index contributed by atoms with van der Waals surface area (Å²) in [5.41, 5.74) is 8.49. The molecule has 55 heavy (non-hydrogen) atoms. The molecule has 0 N–H and O–H groups in total. The Kier molecular flexibility index (Phi) is 8.08. The average Bonchev–Trinajstić information content (AvgIpc) is 3.24. The minimum atomic E-state index is 0.812. The van der Waals surface area contributed by atoms with E-state index in [1.165, 1.54) is 70.9 Å². The van der Waals surface area contributed by atoms with Crippen molar-refractivity contribution in [2.24, 2.45) is 0 Å². The maximum Gasteiger partial charge on any atom is 0.127 e. The lowest BCUT2D eigenvalue weighted by Gasteiger charge is -2.22. The fourth-order valence-electron chi connectivity index (χ4n) is 8.21. The molecule has 0 aliphatic rings. The zero-order valence-corrected chi connectivity index (χ0v) is 30.4. The molecule has 0 saturated carbocycles. The average molecular weight is 705 g/mol. The van der Waals surface area contributed by atoms with E-state index in [0.717, 1.165) is 34.1 Å². The minimum Gasteiger partial charge on any atom is -0.457 e. The maximum atomic E-state index is 6.18. The lowest BCUT2D eigenvalue weighted by atomic mass is 9.81. The Bertz CT molecular complexity index is 2950. The van der Waals surface area contributed by atoms with Crippen molar-refractivity contribution >= 4 is 43.1 Å². The number of benzene rings is 10. The Balaban J connectivity index is 1.20. The van der Waals surface area contributed by atoms with Gasteiger partial charge in [-0.25, -0.2) is 0 Å². The van der Waals surface area contributed by atoms with E-state index in [9.17, 15) is 0 Å². The summed E-state index contributed by atoms with van der Waals surface area (Å²) < 4.78 is 12.4. The van der Waals surface area contributed by atoms with Gasteiger partial charge in [0.2, 0.25) is 0 Å². The van der Waals surface area contributed by atoms with Crippen molar-refractivity contribution in [3.8, 4) is 56.4 Å². The van der Waals surface area contributed by atoms with E-state index < -0.39 is 0 Å². The molecule has 2 heteroatoms. The topological polar surface area (TPSA) is 18.5 Å². The van der Waals surface area contributed by atoms with Crippen LogP contribution in [0.2, 0.25) is 0 Å². The Morgan fingerprint density at radius 3 is 0.964 bits per heavy atom. The standard InChI is InChI=1S/C53H36O2/c1-35-24-33-48-49(34-35)53(47-23-13-10-20-44(47)51(48)37-27-31-41(32-28-37)55-39-16-6-3-7-17-39)52-45-21-11-8-18-42(45)50(43-19-9-12-22-46(43)52)36-25-29-40(30-26-36)54-38-14-4-2-5-15-38/h2-34H,1H3. The molecule has 0 radical (unpaired) electrons. The van der Waals surface area contributed by atoms with Gasteiger partial charge in [-0.05, 0) is 132 Å². The third-order valence-electron chi connectivity index (χ3n) is 10.6. The number of hydrogen-bond acceptors (Lipinski definition) is 2. The van der Waals surface area contributed by atoms with Crippen LogP contribution >= 0.6 is 0 Å². The van der Waals surface area contributed by atoms with Gasteiger partial charge >= 0.3 is 0 Å². The zero-order chi connectivity index (χ0) is 36.7. The molecule has 0 amide bonds. The summed E-state index contributed by atoms with van der Waals surface area (Å²) in [5, 5.41) is 9.80. The summed E-state index contributed by atoms with van der Waals surface area (Å²) in [5.74, 6) is 3.27. The fourth-order valence-corrected chi connectivity index (χ4v) is 8.21. The lowest BCUT2D eigenvalue weighted by molar-refractivity contribution is 0.482. The molecule has 0 atom stereocenters. The molecular formula is C53H36O2. The van der Waals surface area contributed by atoms with Crippen LogP contribution in [0, 0.1) is 6.92 Å². The molecule has 0 saturated heterocycles. The van der Waals surface area contributed by atoms with E-state index in [-0.39, 0.29) is 0 Å². The first kappa shape index (κ1) is 32.5. The highest BCUT2D eigenvalue weighted by molar-refractivity contribution is 6.30. The van der Waals surface area contributed by atoms with Crippen molar-refractivity contribution in [3.05, 3.63) is 206 Å². The zero-order valence-electron chi connectivity index (χ0n) is 30.4. The van der Waals surface area contributed by atoms with Gasteiger partial charge in [0.1, 0.15) is 23.0 Å². The Hall–Kier alpha value is -7.16. The predicted octanol–water partition coefficient (Wildman–Crippen LogP) is 15.2. The van der Waals surface area contributed by atoms with E-state index in [1.54, 1.807) is 0 Å². The van der Waals surface area contributed by atoms with Crippen LogP contribution in [0.5, 0.6) is 23.0 Å². The quantitative estimate of drug-likeness (QED) is 0.154. The van der Waals surface area contributed by atoms with Crippen LogP contribution in [-0.2, 0) is 0 Å². The largest absolute Gasteiger partial charge is 0.457 e. The second-order valence-corrected chi connectivity index (χ2v) is 14.1. The van der Waals surface area contributed by atoms with E-state index >= 15 is 0 Å². The molecule has 10 rings (SSSR count). The van der Waals surface area contributed by atoms with Crippen molar-refractivity contribution < 1.29 is 9.47 Å². The van der Waals surface area contributed by atoms with Gasteiger partial charge in [-0.2, -0.15) is 0 Å². The summed E-state index contributed by atoms with van der Waals surface area (Å²) in [6.07, 6.45) is 0. The van der Waals surface area contributed by atoms with Crippen molar-refractivity contribution in [2.45, 2.75) is 6.92 Å². The van der Waals surface area contributed by atoms with Crippen LogP contribution in [0.25, 0.3) is 76.5 Å². The van der Waals surface area contributed by atoms with Gasteiger partial charge in [-0.3, -0.25) is 0 Å². The van der Waals surface area contributed by atoms with E-state index in [2.05, 4.69) is 146 Å². The van der Waals surface area contributed by atoms with E-state index in [1.807, 2.05) is 60.7 Å². The van der Waals surface area contributed by atoms with Crippen LogP contribution in [0.3, 0.4) is 0 Å². The molecule has 10 aromatic rings. The Morgan fingerprint density at radius 2 is 0.564 bits per heavy atom. The summed E-state index contributed by atoms with van der Waals surface area (Å²) in [4.78, 5) is 0. The number of hydrogen-bond donors (Lipinski definition) is 0. The highest BCUT2D eigenvalue weighted by Gasteiger charge is 2.22. The van der Waals surface area contributed by atoms with Crippen LogP contribution < -0.4 is 9.47 Å². The molecule has 2 nitrogen and oxygen atoms in total. The van der Waals surface area contributed by atoms with Gasteiger partial charge in [0.25, 0.3) is 0 Å². The van der Waals surface area contributed by atoms with Gasteiger partial charge in [0.15, 0.2) is 0 Å². The Morgan fingerprint density at radius 1 is 0.255 bits per heavy atom. The second-order valence-electron chi connectivity index (χ2n) is 14.1. The summed E-state index contributed by atoms with van der Waals surface area (Å²) in [6, 6.07) is 70.5. The fraction of sp³-hybridized carbons (Fsp3) is 0.0189. The van der Waals surface area contributed by atoms with E-state index in [0.29, 0.717) is 0 Å². The van der Waals surface area contributed by atoms with Gasteiger partial charge in [-0.15, -0.1) is 0 Å². The van der Waals surface area contributed by atoms with Crippen molar-refractivity contribution in [2.75, 3.05) is 0 Å². The van der Waals surface area contributed by atoms with Crippen molar-refractivity contribution in [1.29, 1.82) is 0 Å². The molecule has 0 heterocycles. The molecule has 10 aromatic carbocycles. The first-order valence-corrected chi connectivity index (χ1v) is 18.8. The first-order valence-electron chi connectivity index (χ1n) is 18.8. The van der Waals surface area contributed by atoms with Gasteiger partial charge in [-0.1, -0.05) is 157 Å². The van der Waals surface area contributed by atoms with Crippen LogP contribution in [-0.4, -0.2) is 0 Å². The van der Waals surface area contributed by atoms with Crippen LogP contribution in [0.4, 0.5) is 0 Å². The molecule has 0 bridgehead atoms. The van der Waals surface area contributed by atoms with Crippen LogP contribution in [0.1, 0.15) is 5.56 Å². The highest BCUT2D eigenvalue weighted by Crippen LogP contribution is 2.50. The third kappa shape index (κ3) is 5.85. The molecule has 0 aliphatic heterocycles. The predicted molar refractivity (Wildman–Crippen MR) is 231 cm³/mol. The minimum absolute atomic E-state index is 0.812. The van der Waals surface area contributed by atoms with E-state index in [4.69, 9.17) is 9.47 Å². The molecule has 0 fully saturated rings. The summed E-state index contributed by atoms with van der Waals surface area (Å²) in [6.45, 7) is 2.19. The lowest BCUT2D eigenvalue weighted by Crippen LogP contribution is -1.95. The monoisotopic (exact) mass is 704 g/mol. The van der Waals surface area contributed by atoms with Gasteiger partial charge in [0, 0.05) is 0 Å². The number of rotatable bonds is 7. The summed E-state index contributed by atoms with van der Waals surface area (Å²) in [7, 11) is 0. The highest BCUT2D eigenvalue weighted by atomic mass is 16.5. The Labute approximate surface area is 320 Å². The number of aryl methyl sites for hydroxylation is 1. The molecule has 0 aromatic heterocycles. The van der Waals surface area contributed by atoms with Gasteiger partial charge in [0.05, 0.1) is 0 Å². The summed E-state index contributed by atoms with van der Waals surface area (Å²) >= 11 is 0. The third-order valence-corrected chi connectivity index (χ3v) is 10.6. The van der Waals surface area contributed by atoms with Crippen molar-refractivity contribution in [3.63, 3.8) is 0 Å². The van der Waals surface area contributed by atoms with Crippen molar-refractivity contribution in [1.82, 2.24) is 0 Å².